The Morgan fingerprint density at radius 3 is 2.58 bits per heavy atom. The molecule has 2 aromatic heterocycles. The number of fused-ring (bicyclic) bond motifs is 1. The van der Waals surface area contributed by atoms with E-state index in [0.29, 0.717) is 12.5 Å². The fourth-order valence-electron chi connectivity index (χ4n) is 4.58. The van der Waals surface area contributed by atoms with Gasteiger partial charge in [0, 0.05) is 41.0 Å². The standard InChI is InChI=1S/C28H28N2O3/c1-18(2)33-23-5-3-4-22(16-23)28-27(20-10-13-29-14-11-20)24-17-21(19-6-7-19)8-9-25(24)30(28)15-12-26(31)32/h3-5,8-11,13-14,16-19H,6-7,12,15H2,1-2H3,(H,31,32). The van der Waals surface area contributed by atoms with Gasteiger partial charge in [-0.2, -0.15) is 0 Å². The van der Waals surface area contributed by atoms with E-state index in [0.717, 1.165) is 39.0 Å². The number of hydrogen-bond acceptors (Lipinski definition) is 3. The normalized spacial score (nSPS) is 13.5. The van der Waals surface area contributed by atoms with E-state index < -0.39 is 5.97 Å². The first-order valence-corrected chi connectivity index (χ1v) is 11.6. The van der Waals surface area contributed by atoms with E-state index in [1.165, 1.54) is 18.4 Å². The van der Waals surface area contributed by atoms with Crippen LogP contribution in [0, 0.1) is 0 Å². The molecule has 0 atom stereocenters. The highest BCUT2D eigenvalue weighted by Crippen LogP contribution is 2.46. The maximum absolute atomic E-state index is 11.5. The lowest BCUT2D eigenvalue weighted by molar-refractivity contribution is -0.137. The molecule has 2 heterocycles. The van der Waals surface area contributed by atoms with Gasteiger partial charge in [-0.05, 0) is 80.1 Å². The van der Waals surface area contributed by atoms with Crippen LogP contribution in [0.3, 0.4) is 0 Å². The number of rotatable bonds is 8. The van der Waals surface area contributed by atoms with Crippen LogP contribution < -0.4 is 4.74 Å². The Bertz CT molecular complexity index is 1300. The van der Waals surface area contributed by atoms with Crippen molar-refractivity contribution in [3.63, 3.8) is 0 Å². The van der Waals surface area contributed by atoms with Crippen LogP contribution in [-0.4, -0.2) is 26.7 Å². The predicted molar refractivity (Wildman–Crippen MR) is 131 cm³/mol. The Morgan fingerprint density at radius 2 is 1.88 bits per heavy atom. The second-order valence-electron chi connectivity index (χ2n) is 9.00. The van der Waals surface area contributed by atoms with Crippen molar-refractivity contribution in [1.29, 1.82) is 0 Å². The number of carboxylic acids is 1. The number of aryl methyl sites for hydroxylation is 1. The van der Waals surface area contributed by atoms with E-state index in [4.69, 9.17) is 4.74 Å². The van der Waals surface area contributed by atoms with Gasteiger partial charge in [0.2, 0.25) is 0 Å². The monoisotopic (exact) mass is 440 g/mol. The first kappa shape index (κ1) is 21.3. The molecule has 0 bridgehead atoms. The summed E-state index contributed by atoms with van der Waals surface area (Å²) >= 11 is 0. The summed E-state index contributed by atoms with van der Waals surface area (Å²) in [5.74, 6) is 0.630. The lowest BCUT2D eigenvalue weighted by Crippen LogP contribution is -2.07. The Kier molecular flexibility index (Phi) is 5.63. The van der Waals surface area contributed by atoms with Crippen LogP contribution in [0.1, 0.15) is 44.6 Å². The van der Waals surface area contributed by atoms with Crippen LogP contribution in [0.2, 0.25) is 0 Å². The largest absolute Gasteiger partial charge is 0.491 e. The Morgan fingerprint density at radius 1 is 1.09 bits per heavy atom. The van der Waals surface area contributed by atoms with Crippen LogP contribution in [0.25, 0.3) is 33.3 Å². The summed E-state index contributed by atoms with van der Waals surface area (Å²) in [5, 5.41) is 10.6. The van der Waals surface area contributed by atoms with Crippen molar-refractivity contribution in [2.45, 2.75) is 51.7 Å². The lowest BCUT2D eigenvalue weighted by atomic mass is 9.97. The van der Waals surface area contributed by atoms with E-state index in [-0.39, 0.29) is 12.5 Å². The number of benzene rings is 2. The minimum atomic E-state index is -0.806. The van der Waals surface area contributed by atoms with Crippen LogP contribution in [0.5, 0.6) is 5.75 Å². The molecule has 1 fully saturated rings. The third kappa shape index (κ3) is 4.36. The van der Waals surface area contributed by atoms with Crippen LogP contribution in [0.15, 0.2) is 67.0 Å². The van der Waals surface area contributed by atoms with E-state index in [2.05, 4.69) is 39.9 Å². The molecule has 0 spiro atoms. The highest BCUT2D eigenvalue weighted by molar-refractivity contribution is 6.05. The molecule has 33 heavy (non-hydrogen) atoms. The summed E-state index contributed by atoms with van der Waals surface area (Å²) < 4.78 is 8.14. The minimum Gasteiger partial charge on any atom is -0.491 e. The molecule has 5 heteroatoms. The molecule has 1 aliphatic carbocycles. The molecule has 4 aromatic rings. The number of hydrogen-bond donors (Lipinski definition) is 1. The van der Waals surface area contributed by atoms with E-state index in [9.17, 15) is 9.90 Å². The average molecular weight is 441 g/mol. The van der Waals surface area contributed by atoms with Crippen molar-refractivity contribution >= 4 is 16.9 Å². The van der Waals surface area contributed by atoms with E-state index >= 15 is 0 Å². The third-order valence-electron chi connectivity index (χ3n) is 6.13. The number of pyridine rings is 1. The van der Waals surface area contributed by atoms with Crippen molar-refractivity contribution in [2.75, 3.05) is 0 Å². The first-order chi connectivity index (χ1) is 16.0. The maximum atomic E-state index is 11.5. The number of carboxylic acid groups (broad SMARTS) is 1. The molecule has 168 valence electrons. The zero-order valence-electron chi connectivity index (χ0n) is 19.0. The maximum Gasteiger partial charge on any atom is 0.305 e. The van der Waals surface area contributed by atoms with E-state index in [1.807, 2.05) is 50.5 Å². The zero-order valence-corrected chi connectivity index (χ0v) is 19.0. The van der Waals surface area contributed by atoms with Gasteiger partial charge in [0.25, 0.3) is 0 Å². The molecule has 5 nitrogen and oxygen atoms in total. The second kappa shape index (κ2) is 8.74. The van der Waals surface area contributed by atoms with E-state index in [1.54, 1.807) is 0 Å². The van der Waals surface area contributed by atoms with Gasteiger partial charge in [0.05, 0.1) is 18.2 Å². The second-order valence-corrected chi connectivity index (χ2v) is 9.00. The molecule has 0 saturated heterocycles. The van der Waals surface area contributed by atoms with Gasteiger partial charge in [-0.3, -0.25) is 9.78 Å². The molecule has 0 aliphatic heterocycles. The van der Waals surface area contributed by atoms with Gasteiger partial charge in [0.15, 0.2) is 0 Å². The SMILES string of the molecule is CC(C)Oc1cccc(-c2c(-c3ccncc3)c3cc(C4CC4)ccc3n2CCC(=O)O)c1. The fraction of sp³-hybridized carbons (Fsp3) is 0.286. The average Bonchev–Trinajstić information content (AvgIpc) is 3.60. The summed E-state index contributed by atoms with van der Waals surface area (Å²) in [7, 11) is 0. The molecule has 0 unspecified atom stereocenters. The third-order valence-corrected chi connectivity index (χ3v) is 6.13. The topological polar surface area (TPSA) is 64.4 Å². The number of ether oxygens (including phenoxy) is 1. The van der Waals surface area contributed by atoms with Gasteiger partial charge in [0.1, 0.15) is 5.75 Å². The highest BCUT2D eigenvalue weighted by atomic mass is 16.5. The molecule has 2 aromatic carbocycles. The van der Waals surface area contributed by atoms with Gasteiger partial charge >= 0.3 is 5.97 Å². The first-order valence-electron chi connectivity index (χ1n) is 11.6. The van der Waals surface area contributed by atoms with Gasteiger partial charge < -0.3 is 14.4 Å². The summed E-state index contributed by atoms with van der Waals surface area (Å²) in [6.07, 6.45) is 6.21. The van der Waals surface area contributed by atoms with Crippen molar-refractivity contribution < 1.29 is 14.6 Å². The molecular weight excluding hydrogens is 412 g/mol. The lowest BCUT2D eigenvalue weighted by Gasteiger charge is -2.15. The Balaban J connectivity index is 1.79. The Labute approximate surface area is 193 Å². The molecule has 0 amide bonds. The summed E-state index contributed by atoms with van der Waals surface area (Å²) in [5.41, 5.74) is 6.62. The molecule has 5 rings (SSSR count). The van der Waals surface area contributed by atoms with Crippen molar-refractivity contribution in [3.05, 3.63) is 72.6 Å². The predicted octanol–water partition coefficient (Wildman–Crippen LogP) is 6.51. The fourth-order valence-corrected chi connectivity index (χ4v) is 4.58. The molecule has 0 radical (unpaired) electrons. The minimum absolute atomic E-state index is 0.0547. The number of aliphatic carboxylic acids is 1. The Hall–Kier alpha value is -3.60. The smallest absolute Gasteiger partial charge is 0.305 e. The number of aromatic nitrogens is 2. The van der Waals surface area contributed by atoms with Crippen molar-refractivity contribution in [3.8, 4) is 28.1 Å². The summed E-state index contributed by atoms with van der Waals surface area (Å²) in [6.45, 7) is 4.42. The molecule has 1 N–H and O–H groups in total. The van der Waals surface area contributed by atoms with Crippen molar-refractivity contribution in [2.24, 2.45) is 0 Å². The van der Waals surface area contributed by atoms with Crippen LogP contribution in [0.4, 0.5) is 0 Å². The van der Waals surface area contributed by atoms with Gasteiger partial charge in [-0.1, -0.05) is 18.2 Å². The number of nitrogens with zero attached hydrogens (tertiary/aromatic N) is 2. The van der Waals surface area contributed by atoms with Gasteiger partial charge in [-0.25, -0.2) is 0 Å². The van der Waals surface area contributed by atoms with Crippen LogP contribution in [-0.2, 0) is 11.3 Å². The highest BCUT2D eigenvalue weighted by Gasteiger charge is 2.26. The summed E-state index contributed by atoms with van der Waals surface area (Å²) in [6, 6.07) is 18.8. The number of carbonyl (C=O) groups is 1. The molecule has 1 aliphatic rings. The van der Waals surface area contributed by atoms with Gasteiger partial charge in [-0.15, -0.1) is 0 Å². The quantitative estimate of drug-likeness (QED) is 0.339. The summed E-state index contributed by atoms with van der Waals surface area (Å²) in [4.78, 5) is 15.7. The molecular formula is C28H28N2O3. The molecule has 1 saturated carbocycles. The van der Waals surface area contributed by atoms with Crippen molar-refractivity contribution in [1.82, 2.24) is 9.55 Å². The van der Waals surface area contributed by atoms with Crippen LogP contribution >= 0.6 is 0 Å². The zero-order chi connectivity index (χ0) is 22.9.